The van der Waals surface area contributed by atoms with E-state index in [2.05, 4.69) is 52.4 Å². The van der Waals surface area contributed by atoms with Gasteiger partial charge in [-0.25, -0.2) is 0 Å². The van der Waals surface area contributed by atoms with Crippen molar-refractivity contribution in [3.63, 3.8) is 0 Å². The van der Waals surface area contributed by atoms with Gasteiger partial charge in [-0.3, -0.25) is 4.79 Å². The van der Waals surface area contributed by atoms with Gasteiger partial charge in [-0.2, -0.15) is 5.10 Å². The molecular weight excluding hydrogens is 466 g/mol. The number of hydrogen-bond donors (Lipinski definition) is 0. The predicted octanol–water partition coefficient (Wildman–Crippen LogP) is 5.99. The molecule has 1 aliphatic carbocycles. The Morgan fingerprint density at radius 2 is 1.68 bits per heavy atom. The number of hydrogen-bond acceptors (Lipinski definition) is 7. The predicted molar refractivity (Wildman–Crippen MR) is 145 cm³/mol. The minimum atomic E-state index is -0.125. The third kappa shape index (κ3) is 8.42. The number of esters is 1. The number of unbranched alkanes of at least 4 members (excludes halogenated alkanes) is 1. The maximum absolute atomic E-state index is 11.6. The molecule has 0 amide bonds. The number of carbonyl (C=O) groups excluding carboxylic acids is 1. The zero-order valence-corrected chi connectivity index (χ0v) is 22.6. The van der Waals surface area contributed by atoms with Crippen molar-refractivity contribution in [1.29, 1.82) is 0 Å². The van der Waals surface area contributed by atoms with Crippen LogP contribution in [0.25, 0.3) is 11.1 Å². The number of benzene rings is 1. The number of carbonyl (C=O) groups is 1. The molecule has 7 nitrogen and oxygen atoms in total. The van der Waals surface area contributed by atoms with Crippen molar-refractivity contribution in [3.05, 3.63) is 36.0 Å². The zero-order chi connectivity index (χ0) is 25.9. The first kappa shape index (κ1) is 27.4. The molecule has 202 valence electrons. The molecular formula is C30H43N3O4. The van der Waals surface area contributed by atoms with Crippen molar-refractivity contribution >= 4 is 5.97 Å². The minimum absolute atomic E-state index is 0.105. The standard InChI is InChI=1S/C30H43N3O4/c1-3-5-11-28-27(23-12-14-25(15-13-23)36-24-9-7-6-8-10-24)22-29(32-31-28)37-26-16-19-33(20-17-26)21-18-30(34)35-4-2/h12-15,22,24,26H,3-11,16-21H2,1-2H3. The first-order valence-electron chi connectivity index (χ1n) is 14.3. The van der Waals surface area contributed by atoms with Crippen molar-refractivity contribution in [2.75, 3.05) is 26.2 Å². The van der Waals surface area contributed by atoms with Gasteiger partial charge >= 0.3 is 5.97 Å². The van der Waals surface area contributed by atoms with E-state index in [0.29, 0.717) is 25.0 Å². The lowest BCUT2D eigenvalue weighted by Crippen LogP contribution is -2.39. The van der Waals surface area contributed by atoms with E-state index in [1.54, 1.807) is 0 Å². The zero-order valence-electron chi connectivity index (χ0n) is 22.6. The van der Waals surface area contributed by atoms with Crippen LogP contribution in [0.4, 0.5) is 0 Å². The second-order valence-corrected chi connectivity index (χ2v) is 10.3. The summed E-state index contributed by atoms with van der Waals surface area (Å²) in [7, 11) is 0. The van der Waals surface area contributed by atoms with E-state index in [9.17, 15) is 4.79 Å². The second-order valence-electron chi connectivity index (χ2n) is 10.3. The topological polar surface area (TPSA) is 73.8 Å². The van der Waals surface area contributed by atoms with Gasteiger partial charge in [0.2, 0.25) is 5.88 Å². The Bertz CT molecular complexity index is 967. The van der Waals surface area contributed by atoms with E-state index in [0.717, 1.165) is 87.2 Å². The summed E-state index contributed by atoms with van der Waals surface area (Å²) in [6.07, 6.45) is 12.0. The fraction of sp³-hybridized carbons (Fsp3) is 0.633. The molecule has 0 unspecified atom stereocenters. The molecule has 0 N–H and O–H groups in total. The Labute approximate surface area is 221 Å². The molecule has 37 heavy (non-hydrogen) atoms. The molecule has 4 rings (SSSR count). The van der Waals surface area contributed by atoms with Crippen molar-refractivity contribution in [1.82, 2.24) is 15.1 Å². The Hall–Kier alpha value is -2.67. The van der Waals surface area contributed by atoms with E-state index < -0.39 is 0 Å². The van der Waals surface area contributed by atoms with Gasteiger partial charge in [0.05, 0.1) is 24.8 Å². The SMILES string of the molecule is CCCCc1nnc(OC2CCN(CCC(=O)OCC)CC2)cc1-c1ccc(OC2CCCCC2)cc1. The van der Waals surface area contributed by atoms with Crippen LogP contribution in [-0.4, -0.2) is 59.5 Å². The molecule has 0 spiro atoms. The third-order valence-electron chi connectivity index (χ3n) is 7.39. The highest BCUT2D eigenvalue weighted by molar-refractivity contribution is 5.69. The van der Waals surface area contributed by atoms with Crippen LogP contribution < -0.4 is 9.47 Å². The normalized spacial score (nSPS) is 17.5. The maximum Gasteiger partial charge on any atom is 0.307 e. The lowest BCUT2D eigenvalue weighted by molar-refractivity contribution is -0.143. The quantitative estimate of drug-likeness (QED) is 0.325. The lowest BCUT2D eigenvalue weighted by Gasteiger charge is -2.31. The van der Waals surface area contributed by atoms with Gasteiger partial charge in [-0.1, -0.05) is 31.9 Å². The molecule has 1 aliphatic heterocycles. The van der Waals surface area contributed by atoms with Crippen LogP contribution in [0.15, 0.2) is 30.3 Å². The van der Waals surface area contributed by atoms with Crippen molar-refractivity contribution in [2.24, 2.45) is 0 Å². The number of aromatic nitrogens is 2. The smallest absolute Gasteiger partial charge is 0.307 e. The van der Waals surface area contributed by atoms with Crippen LogP contribution in [0, 0.1) is 0 Å². The number of piperidine rings is 1. The molecule has 2 aliphatic rings. The molecule has 2 aromatic rings. The Kier molecular flexibility index (Phi) is 10.6. The Balaban J connectivity index is 1.37. The number of rotatable bonds is 12. The van der Waals surface area contributed by atoms with Gasteiger partial charge in [-0.15, -0.1) is 5.10 Å². The molecule has 0 atom stereocenters. The lowest BCUT2D eigenvalue weighted by atomic mass is 9.97. The minimum Gasteiger partial charge on any atom is -0.490 e. The highest BCUT2D eigenvalue weighted by atomic mass is 16.5. The Morgan fingerprint density at radius 1 is 0.946 bits per heavy atom. The van der Waals surface area contributed by atoms with E-state index in [4.69, 9.17) is 14.2 Å². The summed E-state index contributed by atoms with van der Waals surface area (Å²) in [5, 5.41) is 9.02. The molecule has 7 heteroatoms. The first-order chi connectivity index (χ1) is 18.1. The third-order valence-corrected chi connectivity index (χ3v) is 7.39. The Morgan fingerprint density at radius 3 is 2.38 bits per heavy atom. The summed E-state index contributed by atoms with van der Waals surface area (Å²) in [6, 6.07) is 10.5. The number of aryl methyl sites for hydroxylation is 1. The van der Waals surface area contributed by atoms with Crippen molar-refractivity contribution < 1.29 is 19.0 Å². The average Bonchev–Trinajstić information content (AvgIpc) is 2.93. The average molecular weight is 510 g/mol. The van der Waals surface area contributed by atoms with Gasteiger partial charge in [0, 0.05) is 31.3 Å². The van der Waals surface area contributed by atoms with Crippen LogP contribution >= 0.6 is 0 Å². The van der Waals surface area contributed by atoms with Crippen molar-refractivity contribution in [2.45, 2.75) is 96.7 Å². The highest BCUT2D eigenvalue weighted by Gasteiger charge is 2.22. The monoisotopic (exact) mass is 509 g/mol. The number of ether oxygens (including phenoxy) is 3. The second kappa shape index (κ2) is 14.3. The number of likely N-dealkylation sites (tertiary alicyclic amines) is 1. The van der Waals surface area contributed by atoms with Crippen molar-refractivity contribution in [3.8, 4) is 22.8 Å². The first-order valence-corrected chi connectivity index (χ1v) is 14.3. The van der Waals surface area contributed by atoms with E-state index in [-0.39, 0.29) is 12.1 Å². The summed E-state index contributed by atoms with van der Waals surface area (Å²) in [5.74, 6) is 1.40. The van der Waals surface area contributed by atoms with Gasteiger partial charge < -0.3 is 19.1 Å². The fourth-order valence-electron chi connectivity index (χ4n) is 5.23. The largest absolute Gasteiger partial charge is 0.490 e. The maximum atomic E-state index is 11.6. The van der Waals surface area contributed by atoms with E-state index in [1.165, 1.54) is 19.3 Å². The highest BCUT2D eigenvalue weighted by Crippen LogP contribution is 2.30. The summed E-state index contributed by atoms with van der Waals surface area (Å²) in [6.45, 7) is 7.02. The molecule has 0 radical (unpaired) electrons. The van der Waals surface area contributed by atoms with Crippen LogP contribution in [0.2, 0.25) is 0 Å². The summed E-state index contributed by atoms with van der Waals surface area (Å²) in [4.78, 5) is 14.0. The molecule has 2 heterocycles. The van der Waals surface area contributed by atoms with Crippen LogP contribution in [0.5, 0.6) is 11.6 Å². The van der Waals surface area contributed by atoms with Gasteiger partial charge in [0.15, 0.2) is 0 Å². The number of nitrogens with zero attached hydrogens (tertiary/aromatic N) is 3. The molecule has 1 saturated carbocycles. The molecule has 2 fully saturated rings. The van der Waals surface area contributed by atoms with Crippen LogP contribution in [0.1, 0.15) is 83.7 Å². The van der Waals surface area contributed by atoms with Gasteiger partial charge in [0.1, 0.15) is 11.9 Å². The molecule has 1 aromatic carbocycles. The van der Waals surface area contributed by atoms with Crippen LogP contribution in [-0.2, 0) is 16.0 Å². The summed E-state index contributed by atoms with van der Waals surface area (Å²) in [5.41, 5.74) is 3.23. The van der Waals surface area contributed by atoms with Crippen LogP contribution in [0.3, 0.4) is 0 Å². The fourth-order valence-corrected chi connectivity index (χ4v) is 5.23. The van der Waals surface area contributed by atoms with Gasteiger partial charge in [-0.05, 0) is 76.0 Å². The molecule has 0 bridgehead atoms. The summed E-state index contributed by atoms with van der Waals surface area (Å²) >= 11 is 0. The molecule has 1 aromatic heterocycles. The van der Waals surface area contributed by atoms with E-state index in [1.807, 2.05) is 6.92 Å². The summed E-state index contributed by atoms with van der Waals surface area (Å²) < 4.78 is 17.6. The van der Waals surface area contributed by atoms with Gasteiger partial charge in [0.25, 0.3) is 0 Å². The van der Waals surface area contributed by atoms with E-state index >= 15 is 0 Å². The molecule has 1 saturated heterocycles.